The van der Waals surface area contributed by atoms with Gasteiger partial charge in [0.2, 0.25) is 5.95 Å². The van der Waals surface area contributed by atoms with E-state index in [-0.39, 0.29) is 0 Å². The van der Waals surface area contributed by atoms with Crippen molar-refractivity contribution in [2.24, 2.45) is 5.84 Å². The molecular formula is C15H13F3N4. The standard InChI is InChI=1S/C15H13F3N4/c16-15(17,18)11-7-5-10(6-8-11)9-22-13-4-2-1-3-12(13)20-14(22)21-19/h1-8H,9,19H2,(H,20,21). The summed E-state index contributed by atoms with van der Waals surface area (Å²) in [6.45, 7) is 0.373. The van der Waals surface area contributed by atoms with E-state index in [1.165, 1.54) is 12.1 Å². The third-order valence-corrected chi connectivity index (χ3v) is 3.41. The van der Waals surface area contributed by atoms with Crippen LogP contribution < -0.4 is 11.3 Å². The summed E-state index contributed by atoms with van der Waals surface area (Å²) in [6.07, 6.45) is -4.33. The molecule has 3 rings (SSSR count). The number of halogens is 3. The Hall–Kier alpha value is -2.54. The Kier molecular flexibility index (Phi) is 3.50. The van der Waals surface area contributed by atoms with Gasteiger partial charge in [-0.3, -0.25) is 5.43 Å². The molecule has 0 saturated carbocycles. The zero-order valence-corrected chi connectivity index (χ0v) is 11.4. The van der Waals surface area contributed by atoms with E-state index in [1.807, 2.05) is 28.8 Å². The zero-order chi connectivity index (χ0) is 15.7. The SMILES string of the molecule is NNc1nc2ccccc2n1Cc1ccc(C(F)(F)F)cc1. The molecule has 114 valence electrons. The Bertz CT molecular complexity index is 791. The quantitative estimate of drug-likeness (QED) is 0.576. The van der Waals surface area contributed by atoms with Gasteiger partial charge in [-0.1, -0.05) is 24.3 Å². The van der Waals surface area contributed by atoms with Gasteiger partial charge < -0.3 is 4.57 Å². The van der Waals surface area contributed by atoms with Crippen molar-refractivity contribution in [3.05, 3.63) is 59.7 Å². The molecule has 0 saturated heterocycles. The fourth-order valence-corrected chi connectivity index (χ4v) is 2.33. The first-order valence-electron chi connectivity index (χ1n) is 6.57. The van der Waals surface area contributed by atoms with Crippen LogP contribution in [0, 0.1) is 0 Å². The first-order valence-corrected chi connectivity index (χ1v) is 6.57. The van der Waals surface area contributed by atoms with Crippen molar-refractivity contribution in [1.82, 2.24) is 9.55 Å². The van der Waals surface area contributed by atoms with Gasteiger partial charge in [0.05, 0.1) is 23.1 Å². The number of alkyl halides is 3. The maximum atomic E-state index is 12.6. The summed E-state index contributed by atoms with van der Waals surface area (Å²) in [6, 6.07) is 12.5. The van der Waals surface area contributed by atoms with Crippen LogP contribution in [-0.4, -0.2) is 9.55 Å². The number of hydrazine groups is 1. The predicted octanol–water partition coefficient (Wildman–Crippen LogP) is 3.39. The molecule has 0 radical (unpaired) electrons. The molecule has 7 heteroatoms. The topological polar surface area (TPSA) is 55.9 Å². The molecule has 1 aromatic heterocycles. The highest BCUT2D eigenvalue weighted by atomic mass is 19.4. The highest BCUT2D eigenvalue weighted by Crippen LogP contribution is 2.29. The minimum Gasteiger partial charge on any atom is -0.305 e. The predicted molar refractivity (Wildman–Crippen MR) is 78.1 cm³/mol. The van der Waals surface area contributed by atoms with Crippen LogP contribution in [0.2, 0.25) is 0 Å². The van der Waals surface area contributed by atoms with Gasteiger partial charge in [0, 0.05) is 0 Å². The molecule has 0 amide bonds. The normalized spacial score (nSPS) is 11.8. The van der Waals surface area contributed by atoms with Gasteiger partial charge in [0.1, 0.15) is 0 Å². The van der Waals surface area contributed by atoms with Crippen LogP contribution in [0.5, 0.6) is 0 Å². The average molecular weight is 306 g/mol. The molecule has 0 unspecified atom stereocenters. The summed E-state index contributed by atoms with van der Waals surface area (Å²) < 4.78 is 39.6. The summed E-state index contributed by atoms with van der Waals surface area (Å²) in [5, 5.41) is 0. The number of hydrogen-bond acceptors (Lipinski definition) is 3. The lowest BCUT2D eigenvalue weighted by molar-refractivity contribution is -0.137. The Labute approximate surface area is 124 Å². The Morgan fingerprint density at radius 2 is 1.73 bits per heavy atom. The molecule has 0 atom stereocenters. The molecule has 4 nitrogen and oxygen atoms in total. The number of anilines is 1. The summed E-state index contributed by atoms with van der Waals surface area (Å²) >= 11 is 0. The lowest BCUT2D eigenvalue weighted by Crippen LogP contribution is -2.14. The number of imidazole rings is 1. The lowest BCUT2D eigenvalue weighted by Gasteiger charge is -2.10. The molecule has 0 spiro atoms. The number of aromatic nitrogens is 2. The van der Waals surface area contributed by atoms with Gasteiger partial charge in [-0.15, -0.1) is 0 Å². The van der Waals surface area contributed by atoms with E-state index < -0.39 is 11.7 Å². The van der Waals surface area contributed by atoms with Gasteiger partial charge in [0.25, 0.3) is 0 Å². The highest BCUT2D eigenvalue weighted by Gasteiger charge is 2.29. The molecule has 0 aliphatic heterocycles. The molecule has 0 bridgehead atoms. The number of benzene rings is 2. The van der Waals surface area contributed by atoms with Gasteiger partial charge in [0.15, 0.2) is 0 Å². The molecular weight excluding hydrogens is 293 g/mol. The van der Waals surface area contributed by atoms with Crippen LogP contribution in [-0.2, 0) is 12.7 Å². The number of nitrogen functional groups attached to an aromatic ring is 1. The second kappa shape index (κ2) is 5.34. The Balaban J connectivity index is 1.96. The molecule has 22 heavy (non-hydrogen) atoms. The van der Waals surface area contributed by atoms with Gasteiger partial charge in [-0.05, 0) is 29.8 Å². The first-order chi connectivity index (χ1) is 10.5. The zero-order valence-electron chi connectivity index (χ0n) is 11.4. The molecule has 0 aliphatic carbocycles. The van der Waals surface area contributed by atoms with Gasteiger partial charge >= 0.3 is 6.18 Å². The highest BCUT2D eigenvalue weighted by molar-refractivity contribution is 5.78. The van der Waals surface area contributed by atoms with E-state index in [2.05, 4.69) is 10.4 Å². The third kappa shape index (κ3) is 2.62. The molecule has 0 aliphatic rings. The van der Waals surface area contributed by atoms with Crippen LogP contribution in [0.3, 0.4) is 0 Å². The van der Waals surface area contributed by atoms with Crippen molar-refractivity contribution in [3.63, 3.8) is 0 Å². The molecule has 3 N–H and O–H groups in total. The fourth-order valence-electron chi connectivity index (χ4n) is 2.33. The van der Waals surface area contributed by atoms with Crippen molar-refractivity contribution < 1.29 is 13.2 Å². The van der Waals surface area contributed by atoms with E-state index in [1.54, 1.807) is 0 Å². The monoisotopic (exact) mass is 306 g/mol. The minimum absolute atomic E-state index is 0.373. The van der Waals surface area contributed by atoms with Gasteiger partial charge in [-0.2, -0.15) is 13.2 Å². The van der Waals surface area contributed by atoms with Crippen LogP contribution in [0.25, 0.3) is 11.0 Å². The third-order valence-electron chi connectivity index (χ3n) is 3.41. The largest absolute Gasteiger partial charge is 0.416 e. The maximum absolute atomic E-state index is 12.6. The second-order valence-corrected chi connectivity index (χ2v) is 4.85. The smallest absolute Gasteiger partial charge is 0.305 e. The summed E-state index contributed by atoms with van der Waals surface area (Å²) in [7, 11) is 0. The van der Waals surface area contributed by atoms with Crippen LogP contribution >= 0.6 is 0 Å². The number of para-hydroxylation sites is 2. The first kappa shape index (κ1) is 14.4. The Morgan fingerprint density at radius 1 is 1.05 bits per heavy atom. The number of rotatable bonds is 3. The van der Waals surface area contributed by atoms with E-state index in [0.717, 1.165) is 28.7 Å². The number of fused-ring (bicyclic) bond motifs is 1. The fraction of sp³-hybridized carbons (Fsp3) is 0.133. The average Bonchev–Trinajstić information content (AvgIpc) is 2.85. The van der Waals surface area contributed by atoms with Crippen LogP contribution in [0.1, 0.15) is 11.1 Å². The van der Waals surface area contributed by atoms with Gasteiger partial charge in [-0.25, -0.2) is 10.8 Å². The summed E-state index contributed by atoms with van der Waals surface area (Å²) in [4.78, 5) is 4.33. The minimum atomic E-state index is -4.33. The van der Waals surface area contributed by atoms with Crippen LogP contribution in [0.15, 0.2) is 48.5 Å². The summed E-state index contributed by atoms with van der Waals surface area (Å²) in [5.41, 5.74) is 4.20. The van der Waals surface area contributed by atoms with Crippen LogP contribution in [0.4, 0.5) is 19.1 Å². The number of nitrogens with two attached hydrogens (primary N) is 1. The number of hydrogen-bond donors (Lipinski definition) is 2. The van der Waals surface area contributed by atoms with E-state index >= 15 is 0 Å². The summed E-state index contributed by atoms with van der Waals surface area (Å²) in [5.74, 6) is 5.93. The molecule has 2 aromatic carbocycles. The number of nitrogens with one attached hydrogen (secondary N) is 1. The lowest BCUT2D eigenvalue weighted by atomic mass is 10.1. The molecule has 0 fully saturated rings. The molecule has 3 aromatic rings. The number of nitrogens with zero attached hydrogens (tertiary/aromatic N) is 2. The van der Waals surface area contributed by atoms with Crippen molar-refractivity contribution >= 4 is 17.0 Å². The van der Waals surface area contributed by atoms with Crippen molar-refractivity contribution in [2.45, 2.75) is 12.7 Å². The van der Waals surface area contributed by atoms with Crippen molar-refractivity contribution in [2.75, 3.05) is 5.43 Å². The Morgan fingerprint density at radius 3 is 2.36 bits per heavy atom. The molecule has 1 heterocycles. The van der Waals surface area contributed by atoms with E-state index in [9.17, 15) is 13.2 Å². The maximum Gasteiger partial charge on any atom is 0.416 e. The van der Waals surface area contributed by atoms with E-state index in [4.69, 9.17) is 5.84 Å². The van der Waals surface area contributed by atoms with Crippen molar-refractivity contribution in [1.29, 1.82) is 0 Å². The van der Waals surface area contributed by atoms with Crippen molar-refractivity contribution in [3.8, 4) is 0 Å². The van der Waals surface area contributed by atoms with E-state index in [0.29, 0.717) is 12.5 Å². The second-order valence-electron chi connectivity index (χ2n) is 4.85.